The van der Waals surface area contributed by atoms with Crippen LogP contribution in [-0.2, 0) is 10.2 Å². The second-order valence-electron chi connectivity index (χ2n) is 6.74. The highest BCUT2D eigenvalue weighted by Gasteiger charge is 2.20. The number of amides is 1. The molecule has 0 aliphatic heterocycles. The van der Waals surface area contributed by atoms with Crippen LogP contribution in [0.2, 0.25) is 0 Å². The highest BCUT2D eigenvalue weighted by atomic mass is 32.2. The molecule has 0 aliphatic carbocycles. The topological polar surface area (TPSA) is 123 Å². The molecule has 8 nitrogen and oxygen atoms in total. The van der Waals surface area contributed by atoms with E-state index in [0.717, 1.165) is 12.1 Å². The van der Waals surface area contributed by atoms with Crippen molar-refractivity contribution < 1.29 is 26.7 Å². The summed E-state index contributed by atoms with van der Waals surface area (Å²) < 4.78 is 61.9. The zero-order valence-corrected chi connectivity index (χ0v) is 17.9. The molecule has 11 heteroatoms. The van der Waals surface area contributed by atoms with E-state index < -0.39 is 27.8 Å². The number of carbonyl (C=O) groups is 1. The molecule has 0 radical (unpaired) electrons. The minimum absolute atomic E-state index is 0.0121. The molecule has 0 fully saturated rings. The second-order valence-corrected chi connectivity index (χ2v) is 8.36. The third-order valence-corrected chi connectivity index (χ3v) is 5.33. The van der Waals surface area contributed by atoms with E-state index in [1.54, 1.807) is 13.0 Å². The first-order chi connectivity index (χ1) is 15.1. The van der Waals surface area contributed by atoms with Gasteiger partial charge in [-0.3, -0.25) is 9.52 Å². The molecule has 0 heterocycles. The summed E-state index contributed by atoms with van der Waals surface area (Å²) in [6.07, 6.45) is 0. The van der Waals surface area contributed by atoms with E-state index in [9.17, 15) is 22.0 Å². The Morgan fingerprint density at radius 3 is 2.44 bits per heavy atom. The molecule has 0 unspecified atom stereocenters. The quantitative estimate of drug-likeness (QED) is 0.406. The molecular weight excluding hydrogens is 442 g/mol. The lowest BCUT2D eigenvalue weighted by atomic mass is 10.1. The van der Waals surface area contributed by atoms with Gasteiger partial charge < -0.3 is 15.8 Å². The van der Waals surface area contributed by atoms with Crippen LogP contribution in [0.3, 0.4) is 0 Å². The smallest absolute Gasteiger partial charge is 0.298 e. The normalized spacial score (nSPS) is 11.1. The van der Waals surface area contributed by atoms with Gasteiger partial charge in [-0.15, -0.1) is 0 Å². The number of ether oxygens (including phenoxy) is 1. The Morgan fingerprint density at radius 1 is 1.03 bits per heavy atom. The lowest BCUT2D eigenvalue weighted by Crippen LogP contribution is -2.26. The largest absolute Gasteiger partial charge is 0.456 e. The van der Waals surface area contributed by atoms with Crippen LogP contribution in [0.4, 0.5) is 25.8 Å². The number of carbonyl (C=O) groups excluding carboxylic acids is 1. The Hall–Kier alpha value is -3.70. The van der Waals surface area contributed by atoms with Gasteiger partial charge in [-0.2, -0.15) is 8.42 Å². The van der Waals surface area contributed by atoms with Crippen molar-refractivity contribution in [2.75, 3.05) is 17.1 Å². The van der Waals surface area contributed by atoms with Crippen molar-refractivity contribution in [3.05, 3.63) is 77.4 Å². The molecule has 1 amide bonds. The number of nitrogens with one attached hydrogen (secondary N) is 3. The fraction of sp³-hybridized carbons (Fsp3) is 0.0952. The molecule has 168 valence electrons. The molecule has 3 aromatic rings. The number of anilines is 3. The molecule has 0 saturated carbocycles. The lowest BCUT2D eigenvalue weighted by molar-refractivity contribution is 0.0999. The Kier molecular flexibility index (Phi) is 6.61. The van der Waals surface area contributed by atoms with Gasteiger partial charge in [-0.1, -0.05) is 12.1 Å². The maximum atomic E-state index is 14.3. The van der Waals surface area contributed by atoms with Crippen LogP contribution in [0, 0.1) is 18.6 Å². The van der Waals surface area contributed by atoms with E-state index in [2.05, 4.69) is 14.8 Å². The molecule has 0 bridgehead atoms. The third-order valence-electron chi connectivity index (χ3n) is 4.29. The summed E-state index contributed by atoms with van der Waals surface area (Å²) in [5.41, 5.74) is 6.03. The van der Waals surface area contributed by atoms with E-state index >= 15 is 0 Å². The van der Waals surface area contributed by atoms with Crippen LogP contribution < -0.4 is 25.2 Å². The minimum Gasteiger partial charge on any atom is -0.456 e. The van der Waals surface area contributed by atoms with Gasteiger partial charge in [0.1, 0.15) is 28.7 Å². The maximum Gasteiger partial charge on any atom is 0.298 e. The van der Waals surface area contributed by atoms with Crippen molar-refractivity contribution in [3.63, 3.8) is 0 Å². The molecule has 5 N–H and O–H groups in total. The van der Waals surface area contributed by atoms with Gasteiger partial charge >= 0.3 is 0 Å². The van der Waals surface area contributed by atoms with Gasteiger partial charge in [0.2, 0.25) is 0 Å². The molecule has 0 aliphatic rings. The fourth-order valence-electron chi connectivity index (χ4n) is 2.84. The fourth-order valence-corrected chi connectivity index (χ4v) is 3.38. The van der Waals surface area contributed by atoms with Gasteiger partial charge in [-0.25, -0.2) is 13.5 Å². The summed E-state index contributed by atoms with van der Waals surface area (Å²) in [7, 11) is -2.54. The number of rotatable bonds is 8. The van der Waals surface area contributed by atoms with Crippen molar-refractivity contribution in [3.8, 4) is 11.5 Å². The number of aryl methyl sites for hydroxylation is 1. The molecule has 32 heavy (non-hydrogen) atoms. The molecule has 0 aromatic heterocycles. The van der Waals surface area contributed by atoms with E-state index in [1.165, 1.54) is 43.4 Å². The number of primary amides is 1. The van der Waals surface area contributed by atoms with Crippen LogP contribution in [0.25, 0.3) is 0 Å². The van der Waals surface area contributed by atoms with E-state index in [4.69, 9.17) is 10.5 Å². The molecular formula is C21H20F2N4O4S. The van der Waals surface area contributed by atoms with E-state index in [0.29, 0.717) is 5.56 Å². The number of benzene rings is 3. The first-order valence-electron chi connectivity index (χ1n) is 9.23. The van der Waals surface area contributed by atoms with Crippen molar-refractivity contribution in [2.45, 2.75) is 6.92 Å². The lowest BCUT2D eigenvalue weighted by Gasteiger charge is -2.16. The van der Waals surface area contributed by atoms with Crippen LogP contribution in [-0.4, -0.2) is 21.4 Å². The monoisotopic (exact) mass is 462 g/mol. The molecule has 0 saturated heterocycles. The van der Waals surface area contributed by atoms with Gasteiger partial charge in [0.15, 0.2) is 0 Å². The minimum atomic E-state index is -3.77. The number of halogens is 2. The van der Waals surface area contributed by atoms with Gasteiger partial charge in [0, 0.05) is 19.2 Å². The maximum absolute atomic E-state index is 14.3. The van der Waals surface area contributed by atoms with Gasteiger partial charge in [0.25, 0.3) is 16.1 Å². The molecule has 3 rings (SSSR count). The first-order valence-corrected chi connectivity index (χ1v) is 10.7. The van der Waals surface area contributed by atoms with Crippen molar-refractivity contribution >= 4 is 33.2 Å². The molecule has 3 aromatic carbocycles. The third kappa shape index (κ3) is 5.50. The van der Waals surface area contributed by atoms with Crippen LogP contribution in [0.15, 0.2) is 54.6 Å². The van der Waals surface area contributed by atoms with Crippen LogP contribution in [0.5, 0.6) is 11.5 Å². The van der Waals surface area contributed by atoms with E-state index in [1.807, 2.05) is 0 Å². The Balaban J connectivity index is 2.00. The Labute approximate surface area is 183 Å². The van der Waals surface area contributed by atoms with Crippen molar-refractivity contribution in [2.24, 2.45) is 5.73 Å². The summed E-state index contributed by atoms with van der Waals surface area (Å²) in [5.74, 6) is -2.45. The predicted molar refractivity (Wildman–Crippen MR) is 117 cm³/mol. The second kappa shape index (κ2) is 9.20. The summed E-state index contributed by atoms with van der Waals surface area (Å²) in [4.78, 5) is 12.2. The summed E-state index contributed by atoms with van der Waals surface area (Å²) >= 11 is 0. The summed E-state index contributed by atoms with van der Waals surface area (Å²) in [6, 6.07) is 12.1. The average molecular weight is 462 g/mol. The molecule has 0 atom stereocenters. The Bertz CT molecular complexity index is 1280. The van der Waals surface area contributed by atoms with Crippen LogP contribution >= 0.6 is 0 Å². The SMILES string of the molecule is CNS(=O)(=O)Nc1cccc(Oc2cc(F)cc(Nc3ccc(C)cc3F)c2C(N)=O)c1. The summed E-state index contributed by atoms with van der Waals surface area (Å²) in [6.45, 7) is 1.71. The highest BCUT2D eigenvalue weighted by molar-refractivity contribution is 7.90. The van der Waals surface area contributed by atoms with E-state index in [-0.39, 0.29) is 34.1 Å². The zero-order valence-electron chi connectivity index (χ0n) is 17.1. The standard InChI is InChI=1S/C21H20F2N4O4S/c1-12-6-7-17(16(23)8-12)26-18-9-13(22)10-19(20(18)21(24)28)31-15-5-3-4-14(11-15)27-32(29,30)25-2/h3-11,25-27H,1-2H3,(H2,24,28). The number of hydrogen-bond donors (Lipinski definition) is 4. The summed E-state index contributed by atoms with van der Waals surface area (Å²) in [5, 5.41) is 2.67. The first kappa shape index (κ1) is 23.0. The van der Waals surface area contributed by atoms with Crippen molar-refractivity contribution in [1.82, 2.24) is 4.72 Å². The van der Waals surface area contributed by atoms with Gasteiger partial charge in [0.05, 0.1) is 17.1 Å². The number of nitrogens with two attached hydrogens (primary N) is 1. The highest BCUT2D eigenvalue weighted by Crippen LogP contribution is 2.34. The zero-order chi connectivity index (χ0) is 23.5. The predicted octanol–water partition coefficient (Wildman–Crippen LogP) is 3.78. The van der Waals surface area contributed by atoms with Crippen LogP contribution in [0.1, 0.15) is 15.9 Å². The number of hydrogen-bond acceptors (Lipinski definition) is 5. The van der Waals surface area contributed by atoms with Gasteiger partial charge in [-0.05, 0) is 42.8 Å². The van der Waals surface area contributed by atoms with Crippen molar-refractivity contribution in [1.29, 1.82) is 0 Å². The average Bonchev–Trinajstić information content (AvgIpc) is 2.69. The molecule has 0 spiro atoms. The Morgan fingerprint density at radius 2 is 1.78 bits per heavy atom.